The largest absolute Gasteiger partial charge is 0.495 e. The highest BCUT2D eigenvalue weighted by Gasteiger charge is 2.27. The number of rotatable bonds is 18. The van der Waals surface area contributed by atoms with Crippen molar-refractivity contribution in [1.82, 2.24) is 10.6 Å². The third kappa shape index (κ3) is 22.2. The third-order valence-electron chi connectivity index (χ3n) is 9.84. The van der Waals surface area contributed by atoms with Gasteiger partial charge < -0.3 is 40.0 Å². The zero-order valence-corrected chi connectivity index (χ0v) is 43.9. The lowest BCUT2D eigenvalue weighted by molar-refractivity contribution is -0.385. The fraction of sp³-hybridized carbons (Fsp3) is 0.286. The average molecular weight is 1030 g/mol. The second-order valence-electron chi connectivity index (χ2n) is 18.1. The first-order valence-electron chi connectivity index (χ1n) is 23.2. The van der Waals surface area contributed by atoms with Crippen LogP contribution in [0, 0.1) is 10.1 Å². The number of methoxy groups -OCH3 is 2. The van der Waals surface area contributed by atoms with Gasteiger partial charge in [0.1, 0.15) is 29.0 Å². The molecule has 6 aromatic carbocycles. The molecule has 0 aliphatic carbocycles. The number of carbonyl (C=O) groups is 4. The summed E-state index contributed by atoms with van der Waals surface area (Å²) in [7, 11) is 3.00. The molecule has 4 N–H and O–H groups in total. The van der Waals surface area contributed by atoms with E-state index in [-0.39, 0.29) is 18.0 Å². The predicted octanol–water partition coefficient (Wildman–Crippen LogP) is 12.2. The van der Waals surface area contributed by atoms with Crippen LogP contribution in [0.25, 0.3) is 0 Å². The quantitative estimate of drug-likeness (QED) is 0.0360. The molecule has 0 saturated carbocycles. The van der Waals surface area contributed by atoms with E-state index < -0.39 is 46.4 Å². The van der Waals surface area contributed by atoms with Gasteiger partial charge in [-0.25, -0.2) is 14.4 Å². The SMILES string of the molecule is CC(C)(C)OC(=O)N[C@@H](Cc1ccccc1)C(=O)O.COc1cc(SCc2ccccc2)ccc1NC(=O)[C@H](Cc1ccccc1)NC(=O)OC(C)(C)C.COc1cc(SCc2ccccc2)ccc1[N+](=O)[O-]. The third-order valence-corrected chi connectivity index (χ3v) is 12.0. The topological polar surface area (TPSA) is 205 Å². The van der Waals surface area contributed by atoms with E-state index in [1.807, 2.05) is 115 Å². The van der Waals surface area contributed by atoms with Crippen molar-refractivity contribution in [3.8, 4) is 11.5 Å². The van der Waals surface area contributed by atoms with Crippen molar-refractivity contribution in [2.24, 2.45) is 0 Å². The van der Waals surface area contributed by atoms with Crippen LogP contribution >= 0.6 is 23.5 Å². The number of amides is 3. The van der Waals surface area contributed by atoms with E-state index in [1.165, 1.54) is 24.3 Å². The number of thioether (sulfide) groups is 2. The molecular formula is C56H64N4O11S2. The molecule has 3 amide bonds. The van der Waals surface area contributed by atoms with Crippen LogP contribution in [0.3, 0.4) is 0 Å². The van der Waals surface area contributed by atoms with E-state index in [2.05, 4.69) is 40.2 Å². The molecule has 73 heavy (non-hydrogen) atoms. The Bertz CT molecular complexity index is 2680. The van der Waals surface area contributed by atoms with Crippen LogP contribution in [-0.2, 0) is 43.4 Å². The number of nitrogens with one attached hydrogen (secondary N) is 3. The van der Waals surface area contributed by atoms with Crippen molar-refractivity contribution in [3.63, 3.8) is 0 Å². The summed E-state index contributed by atoms with van der Waals surface area (Å²) in [5.41, 5.74) is 3.40. The van der Waals surface area contributed by atoms with Crippen molar-refractivity contribution in [1.29, 1.82) is 0 Å². The smallest absolute Gasteiger partial charge is 0.408 e. The summed E-state index contributed by atoms with van der Waals surface area (Å²) < 4.78 is 21.0. The predicted molar refractivity (Wildman–Crippen MR) is 288 cm³/mol. The molecule has 0 aromatic heterocycles. The van der Waals surface area contributed by atoms with Crippen molar-refractivity contribution in [3.05, 3.63) is 190 Å². The van der Waals surface area contributed by atoms with E-state index in [0.717, 1.165) is 32.4 Å². The molecule has 0 fully saturated rings. The molecule has 0 saturated heterocycles. The highest BCUT2D eigenvalue weighted by molar-refractivity contribution is 7.98. The summed E-state index contributed by atoms with van der Waals surface area (Å²) in [6.07, 6.45) is -0.835. The minimum Gasteiger partial charge on any atom is -0.495 e. The number of nitro groups is 1. The number of carboxylic acid groups (broad SMARTS) is 1. The number of nitro benzene ring substituents is 1. The Hall–Kier alpha value is -7.50. The van der Waals surface area contributed by atoms with Gasteiger partial charge in [-0.15, -0.1) is 23.5 Å². The molecule has 0 unspecified atom stereocenters. The van der Waals surface area contributed by atoms with Gasteiger partial charge in [-0.2, -0.15) is 0 Å². The second-order valence-corrected chi connectivity index (χ2v) is 20.2. The molecule has 15 nitrogen and oxygen atoms in total. The molecule has 0 heterocycles. The van der Waals surface area contributed by atoms with Gasteiger partial charge in [-0.1, -0.05) is 121 Å². The van der Waals surface area contributed by atoms with Crippen molar-refractivity contribution >= 4 is 59.0 Å². The van der Waals surface area contributed by atoms with Crippen LogP contribution in [0.5, 0.6) is 11.5 Å². The number of ether oxygens (including phenoxy) is 4. The summed E-state index contributed by atoms with van der Waals surface area (Å²) in [5.74, 6) is 1.05. The summed E-state index contributed by atoms with van der Waals surface area (Å²) in [5, 5.41) is 27.9. The maximum Gasteiger partial charge on any atom is 0.408 e. The Morgan fingerprint density at radius 2 is 0.945 bits per heavy atom. The molecule has 0 aliphatic heterocycles. The van der Waals surface area contributed by atoms with Crippen LogP contribution in [0.2, 0.25) is 0 Å². The summed E-state index contributed by atoms with van der Waals surface area (Å²) in [6.45, 7) is 10.5. The van der Waals surface area contributed by atoms with E-state index in [4.69, 9.17) is 24.1 Å². The first-order chi connectivity index (χ1) is 34.7. The first kappa shape index (κ1) is 58.1. The number of aliphatic carboxylic acids is 1. The highest BCUT2D eigenvalue weighted by atomic mass is 32.2. The van der Waals surface area contributed by atoms with E-state index in [1.54, 1.807) is 84.3 Å². The molecule has 0 radical (unpaired) electrons. The molecule has 0 bridgehead atoms. The zero-order valence-electron chi connectivity index (χ0n) is 42.3. The molecule has 0 aliphatic rings. The van der Waals surface area contributed by atoms with Gasteiger partial charge in [0.15, 0.2) is 5.75 Å². The molecule has 2 atom stereocenters. The normalized spacial score (nSPS) is 11.6. The second kappa shape index (κ2) is 29.1. The van der Waals surface area contributed by atoms with Crippen LogP contribution in [-0.4, -0.2) is 71.6 Å². The fourth-order valence-electron chi connectivity index (χ4n) is 6.47. The van der Waals surface area contributed by atoms with Crippen LogP contribution in [0.1, 0.15) is 63.8 Å². The number of carboxylic acids is 1. The Morgan fingerprint density at radius 1 is 0.562 bits per heavy atom. The Labute approximate surface area is 435 Å². The molecule has 6 rings (SSSR count). The van der Waals surface area contributed by atoms with Gasteiger partial charge in [-0.05, 0) is 88.1 Å². The Morgan fingerprint density at radius 3 is 1.34 bits per heavy atom. The maximum absolute atomic E-state index is 13.2. The van der Waals surface area contributed by atoms with Crippen molar-refractivity contribution in [2.45, 2.75) is 99.0 Å². The number of nitrogens with zero attached hydrogens (tertiary/aromatic N) is 1. The number of carbonyl (C=O) groups excluding carboxylic acids is 3. The number of benzene rings is 6. The number of hydrogen-bond donors (Lipinski definition) is 4. The van der Waals surface area contributed by atoms with Crippen LogP contribution < -0.4 is 25.4 Å². The molecule has 17 heteroatoms. The lowest BCUT2D eigenvalue weighted by Crippen LogP contribution is -2.47. The van der Waals surface area contributed by atoms with E-state index in [9.17, 15) is 29.3 Å². The number of alkyl carbamates (subject to hydrolysis) is 2. The Balaban J connectivity index is 0.000000258. The van der Waals surface area contributed by atoms with Gasteiger partial charge in [0.25, 0.3) is 0 Å². The number of hydrogen-bond acceptors (Lipinski definition) is 12. The van der Waals surface area contributed by atoms with Gasteiger partial charge in [0, 0.05) is 46.3 Å². The van der Waals surface area contributed by atoms with Gasteiger partial charge >= 0.3 is 23.8 Å². The Kier molecular flexibility index (Phi) is 23.2. The maximum atomic E-state index is 13.2. The van der Waals surface area contributed by atoms with Crippen LogP contribution in [0.4, 0.5) is 21.0 Å². The summed E-state index contributed by atoms with van der Waals surface area (Å²) >= 11 is 3.31. The minimum absolute atomic E-state index is 0.00781. The lowest BCUT2D eigenvalue weighted by atomic mass is 10.1. The zero-order chi connectivity index (χ0) is 53.4. The standard InChI is InChI=1S/C28H32N2O4S.C14H19NO4.C14H13NO3S/c1-28(2,3)34-27(32)30-24(17-20-11-7-5-8-12-20)26(31)29-23-16-15-22(18-25(23)33-4)35-19-21-13-9-6-10-14-21;1-14(2,3)19-13(18)15-11(12(16)17)9-10-7-5-4-6-8-10;1-18-14-9-12(7-8-13(14)15(16)17)19-10-11-5-3-2-4-6-11/h5-16,18,24H,17,19H2,1-4H3,(H,29,31)(H,30,32);4-8,11H,9H2,1-3H3,(H,15,18)(H,16,17);2-9H,10H2,1H3/t24-;11-;/m00./s1. The monoisotopic (exact) mass is 1030 g/mol. The number of anilines is 1. The first-order valence-corrected chi connectivity index (χ1v) is 25.1. The molecule has 6 aromatic rings. The van der Waals surface area contributed by atoms with E-state index >= 15 is 0 Å². The van der Waals surface area contributed by atoms with Gasteiger partial charge in [0.2, 0.25) is 5.91 Å². The fourth-order valence-corrected chi connectivity index (χ4v) is 8.23. The average Bonchev–Trinajstić information content (AvgIpc) is 3.35. The molecular weight excluding hydrogens is 969 g/mol. The highest BCUT2D eigenvalue weighted by Crippen LogP contribution is 2.34. The van der Waals surface area contributed by atoms with Crippen molar-refractivity contribution in [2.75, 3.05) is 19.5 Å². The van der Waals surface area contributed by atoms with E-state index in [0.29, 0.717) is 23.6 Å². The van der Waals surface area contributed by atoms with Gasteiger partial charge in [0.05, 0.1) is 24.8 Å². The summed E-state index contributed by atoms with van der Waals surface area (Å²) in [4.78, 5) is 60.7. The van der Waals surface area contributed by atoms with Crippen LogP contribution in [0.15, 0.2) is 168 Å². The minimum atomic E-state index is -1.09. The summed E-state index contributed by atoms with van der Waals surface area (Å²) in [6, 6.07) is 47.7. The molecule has 0 spiro atoms. The molecule has 386 valence electrons. The van der Waals surface area contributed by atoms with Crippen molar-refractivity contribution < 1.29 is 48.2 Å². The van der Waals surface area contributed by atoms with Gasteiger partial charge in [-0.3, -0.25) is 14.9 Å². The lowest BCUT2D eigenvalue weighted by Gasteiger charge is -2.23.